The average molecular weight is 476 g/mol. The molecule has 3 aromatic carbocycles. The minimum atomic E-state index is -0.902. The minimum Gasteiger partial charge on any atom is -0.493 e. The van der Waals surface area contributed by atoms with E-state index >= 15 is 0 Å². The van der Waals surface area contributed by atoms with Crippen LogP contribution < -0.4 is 25.0 Å². The quantitative estimate of drug-likeness (QED) is 0.169. The summed E-state index contributed by atoms with van der Waals surface area (Å²) in [6.07, 6.45) is 2.24. The van der Waals surface area contributed by atoms with E-state index in [4.69, 9.17) is 14.2 Å². The Kier molecular flexibility index (Phi) is 8.55. The number of rotatable bonds is 8. The Labute approximate surface area is 202 Å². The largest absolute Gasteiger partial charge is 0.493 e. The van der Waals surface area contributed by atoms with Crippen LogP contribution in [0.1, 0.15) is 28.4 Å². The molecule has 0 atom stereocenters. The lowest BCUT2D eigenvalue weighted by Gasteiger charge is -2.09. The molecule has 35 heavy (non-hydrogen) atoms. The summed E-state index contributed by atoms with van der Waals surface area (Å²) in [6.45, 7) is 2.03. The van der Waals surface area contributed by atoms with Gasteiger partial charge in [-0.15, -0.1) is 0 Å². The second-order valence-corrected chi connectivity index (χ2v) is 7.23. The van der Waals surface area contributed by atoms with Gasteiger partial charge in [0.15, 0.2) is 11.5 Å². The molecule has 0 heterocycles. The van der Waals surface area contributed by atoms with Gasteiger partial charge in [-0.2, -0.15) is 5.10 Å². The van der Waals surface area contributed by atoms with E-state index in [2.05, 4.69) is 15.8 Å². The van der Waals surface area contributed by atoms with Gasteiger partial charge in [-0.05, 0) is 72.1 Å². The van der Waals surface area contributed by atoms with E-state index in [1.54, 1.807) is 48.5 Å². The third-order valence-electron chi connectivity index (χ3n) is 4.92. The molecule has 0 saturated carbocycles. The molecular formula is C26H25N3O6. The van der Waals surface area contributed by atoms with Gasteiger partial charge in [0.1, 0.15) is 5.75 Å². The number of anilines is 1. The summed E-state index contributed by atoms with van der Waals surface area (Å²) in [5.41, 5.74) is 4.73. The van der Waals surface area contributed by atoms with Crippen molar-refractivity contribution < 1.29 is 28.6 Å². The summed E-state index contributed by atoms with van der Waals surface area (Å²) in [5, 5.41) is 6.29. The Morgan fingerprint density at radius 2 is 1.54 bits per heavy atom. The van der Waals surface area contributed by atoms with Gasteiger partial charge >= 0.3 is 17.8 Å². The van der Waals surface area contributed by atoms with Crippen molar-refractivity contribution in [3.05, 3.63) is 83.4 Å². The van der Waals surface area contributed by atoms with Crippen molar-refractivity contribution in [2.75, 3.05) is 19.5 Å². The number of carbonyl (C=O) groups excluding carboxylic acids is 3. The molecule has 3 rings (SSSR count). The standard InChI is InChI=1S/C26H25N3O6/c1-4-17-5-10-20(11-6-17)28-24(30)25(31)29-27-16-18-7-12-21(13-8-18)35-26(32)19-9-14-22(33-2)23(15-19)34-3/h5-16H,4H2,1-3H3,(H,28,30)(H,29,31)/b27-16+. The number of nitrogens with one attached hydrogen (secondary N) is 2. The Hall–Kier alpha value is -4.66. The first-order chi connectivity index (χ1) is 16.9. The Balaban J connectivity index is 1.52. The van der Waals surface area contributed by atoms with Crippen LogP contribution in [0.3, 0.4) is 0 Å². The fourth-order valence-corrected chi connectivity index (χ4v) is 2.98. The first-order valence-electron chi connectivity index (χ1n) is 10.7. The van der Waals surface area contributed by atoms with E-state index in [9.17, 15) is 14.4 Å². The van der Waals surface area contributed by atoms with E-state index in [0.717, 1.165) is 12.0 Å². The molecule has 0 aliphatic rings. The third-order valence-corrected chi connectivity index (χ3v) is 4.92. The zero-order chi connectivity index (χ0) is 25.2. The maximum absolute atomic E-state index is 12.4. The Morgan fingerprint density at radius 1 is 0.857 bits per heavy atom. The zero-order valence-corrected chi connectivity index (χ0v) is 19.5. The fraction of sp³-hybridized carbons (Fsp3) is 0.154. The maximum atomic E-state index is 12.4. The summed E-state index contributed by atoms with van der Waals surface area (Å²) in [4.78, 5) is 36.3. The smallest absolute Gasteiger partial charge is 0.343 e. The van der Waals surface area contributed by atoms with E-state index < -0.39 is 17.8 Å². The Morgan fingerprint density at radius 3 is 2.17 bits per heavy atom. The molecule has 0 radical (unpaired) electrons. The summed E-state index contributed by atoms with van der Waals surface area (Å²) < 4.78 is 15.7. The van der Waals surface area contributed by atoms with Crippen LogP contribution in [0, 0.1) is 0 Å². The van der Waals surface area contributed by atoms with Crippen LogP contribution in [0.4, 0.5) is 5.69 Å². The van der Waals surface area contributed by atoms with Gasteiger partial charge in [0.25, 0.3) is 0 Å². The number of hydrazone groups is 1. The van der Waals surface area contributed by atoms with Crippen LogP contribution in [0.15, 0.2) is 71.8 Å². The van der Waals surface area contributed by atoms with Crippen molar-refractivity contribution in [3.8, 4) is 17.2 Å². The molecule has 0 aliphatic carbocycles. The monoisotopic (exact) mass is 475 g/mol. The number of hydrogen-bond acceptors (Lipinski definition) is 7. The summed E-state index contributed by atoms with van der Waals surface area (Å²) in [5.74, 6) is -1.05. The SMILES string of the molecule is CCc1ccc(NC(=O)C(=O)N/N=C/c2ccc(OC(=O)c3ccc(OC)c(OC)c3)cc2)cc1. The van der Waals surface area contributed by atoms with Crippen molar-refractivity contribution in [2.45, 2.75) is 13.3 Å². The highest BCUT2D eigenvalue weighted by molar-refractivity contribution is 6.39. The van der Waals surface area contributed by atoms with Crippen LogP contribution >= 0.6 is 0 Å². The van der Waals surface area contributed by atoms with Gasteiger partial charge < -0.3 is 19.5 Å². The van der Waals surface area contributed by atoms with Crippen LogP contribution in [0.2, 0.25) is 0 Å². The lowest BCUT2D eigenvalue weighted by atomic mass is 10.1. The molecule has 0 unspecified atom stereocenters. The topological polar surface area (TPSA) is 115 Å². The van der Waals surface area contributed by atoms with Gasteiger partial charge in [-0.25, -0.2) is 10.2 Å². The molecule has 0 aromatic heterocycles. The number of ether oxygens (including phenoxy) is 3. The fourth-order valence-electron chi connectivity index (χ4n) is 2.98. The molecule has 0 spiro atoms. The third kappa shape index (κ3) is 6.91. The van der Waals surface area contributed by atoms with Crippen molar-refractivity contribution in [3.63, 3.8) is 0 Å². The molecule has 0 bridgehead atoms. The van der Waals surface area contributed by atoms with Crippen molar-refractivity contribution in [2.24, 2.45) is 5.10 Å². The van der Waals surface area contributed by atoms with Crippen molar-refractivity contribution in [1.29, 1.82) is 0 Å². The number of hydrogen-bond donors (Lipinski definition) is 2. The highest BCUT2D eigenvalue weighted by atomic mass is 16.5. The van der Waals surface area contributed by atoms with Gasteiger partial charge in [0.05, 0.1) is 26.0 Å². The van der Waals surface area contributed by atoms with Gasteiger partial charge in [-0.3, -0.25) is 9.59 Å². The molecule has 0 fully saturated rings. The lowest BCUT2D eigenvalue weighted by molar-refractivity contribution is -0.136. The highest BCUT2D eigenvalue weighted by Crippen LogP contribution is 2.28. The van der Waals surface area contributed by atoms with Crippen molar-refractivity contribution >= 4 is 29.7 Å². The predicted molar refractivity (Wildman–Crippen MR) is 131 cm³/mol. The second kappa shape index (κ2) is 12.0. The molecule has 3 aromatic rings. The van der Waals surface area contributed by atoms with Crippen LogP contribution in [0.25, 0.3) is 0 Å². The van der Waals surface area contributed by atoms with Gasteiger partial charge in [0, 0.05) is 5.69 Å². The molecule has 2 N–H and O–H groups in total. The number of methoxy groups -OCH3 is 2. The van der Waals surface area contributed by atoms with Gasteiger partial charge in [-0.1, -0.05) is 19.1 Å². The van der Waals surface area contributed by atoms with E-state index in [1.165, 1.54) is 26.5 Å². The first-order valence-corrected chi connectivity index (χ1v) is 10.7. The Bertz CT molecular complexity index is 1220. The highest BCUT2D eigenvalue weighted by Gasteiger charge is 2.14. The molecule has 9 heteroatoms. The van der Waals surface area contributed by atoms with Crippen LogP contribution in [-0.4, -0.2) is 38.2 Å². The van der Waals surface area contributed by atoms with E-state index in [1.807, 2.05) is 19.1 Å². The zero-order valence-electron chi connectivity index (χ0n) is 19.5. The summed E-state index contributed by atoms with van der Waals surface area (Å²) >= 11 is 0. The minimum absolute atomic E-state index is 0.301. The normalized spacial score (nSPS) is 10.5. The summed E-state index contributed by atoms with van der Waals surface area (Å²) in [7, 11) is 2.99. The number of benzene rings is 3. The number of nitrogens with zero attached hydrogens (tertiary/aromatic N) is 1. The second-order valence-electron chi connectivity index (χ2n) is 7.23. The predicted octanol–water partition coefficient (Wildman–Crippen LogP) is 3.57. The van der Waals surface area contributed by atoms with Crippen molar-refractivity contribution in [1.82, 2.24) is 5.43 Å². The number of carbonyl (C=O) groups is 3. The van der Waals surface area contributed by atoms with E-state index in [-0.39, 0.29) is 0 Å². The molecule has 2 amide bonds. The van der Waals surface area contributed by atoms with Crippen LogP contribution in [0.5, 0.6) is 17.2 Å². The van der Waals surface area contributed by atoms with Crippen LogP contribution in [-0.2, 0) is 16.0 Å². The molecule has 0 aliphatic heterocycles. The summed E-state index contributed by atoms with van der Waals surface area (Å²) in [6, 6.07) is 18.4. The van der Waals surface area contributed by atoms with E-state index in [0.29, 0.717) is 34.1 Å². The maximum Gasteiger partial charge on any atom is 0.343 e. The molecule has 9 nitrogen and oxygen atoms in total. The lowest BCUT2D eigenvalue weighted by Crippen LogP contribution is -2.32. The number of amides is 2. The molecule has 180 valence electrons. The van der Waals surface area contributed by atoms with Gasteiger partial charge in [0.2, 0.25) is 0 Å². The number of esters is 1. The average Bonchev–Trinajstić information content (AvgIpc) is 2.89. The molecular weight excluding hydrogens is 450 g/mol. The molecule has 0 saturated heterocycles. The number of aryl methyl sites for hydroxylation is 1. The first kappa shape index (κ1) is 25.0.